The molecular formula is C25H30FN3O4S. The Hall–Kier alpha value is -2.75. The van der Waals surface area contributed by atoms with Gasteiger partial charge in [-0.3, -0.25) is 4.57 Å². The Morgan fingerprint density at radius 2 is 1.68 bits per heavy atom. The first kappa shape index (κ1) is 24.4. The lowest BCUT2D eigenvalue weighted by Gasteiger charge is -2.35. The van der Waals surface area contributed by atoms with Gasteiger partial charge in [-0.05, 0) is 70.5 Å². The maximum absolute atomic E-state index is 14.0. The summed E-state index contributed by atoms with van der Waals surface area (Å²) >= 11 is 0. The first-order valence-electron chi connectivity index (χ1n) is 11.3. The summed E-state index contributed by atoms with van der Waals surface area (Å²) in [6.07, 6.45) is 0.983. The quantitative estimate of drug-likeness (QED) is 0.584. The highest BCUT2D eigenvalue weighted by Crippen LogP contribution is 2.33. The molecule has 1 aliphatic heterocycles. The number of aromatic nitrogens is 1. The molecule has 1 aliphatic rings. The lowest BCUT2D eigenvalue weighted by Crippen LogP contribution is -2.55. The fourth-order valence-corrected chi connectivity index (χ4v) is 5.94. The molecule has 182 valence electrons. The number of fused-ring (bicyclic) bond motifs is 1. The first-order chi connectivity index (χ1) is 15.8. The Morgan fingerprint density at radius 1 is 1.06 bits per heavy atom. The maximum Gasteiger partial charge on any atom is 0.419 e. The van der Waals surface area contributed by atoms with E-state index in [1.807, 2.05) is 13.8 Å². The Labute approximate surface area is 199 Å². The summed E-state index contributed by atoms with van der Waals surface area (Å²) in [5, 5.41) is 4.00. The highest BCUT2D eigenvalue weighted by Gasteiger charge is 2.31. The lowest BCUT2D eigenvalue weighted by atomic mass is 10.1. The minimum atomic E-state index is -3.64. The van der Waals surface area contributed by atoms with Gasteiger partial charge in [0.2, 0.25) is 10.0 Å². The van der Waals surface area contributed by atoms with E-state index in [4.69, 9.17) is 4.74 Å². The molecule has 0 aliphatic carbocycles. The van der Waals surface area contributed by atoms with Crippen LogP contribution >= 0.6 is 0 Å². The van der Waals surface area contributed by atoms with Crippen LogP contribution in [0.1, 0.15) is 34.6 Å². The molecule has 34 heavy (non-hydrogen) atoms. The van der Waals surface area contributed by atoms with Crippen molar-refractivity contribution in [2.45, 2.75) is 57.2 Å². The van der Waals surface area contributed by atoms with Gasteiger partial charge in [0.25, 0.3) is 0 Å². The molecule has 2 atom stereocenters. The number of ether oxygens (including phenoxy) is 1. The van der Waals surface area contributed by atoms with Crippen LogP contribution in [0.2, 0.25) is 0 Å². The van der Waals surface area contributed by atoms with Gasteiger partial charge >= 0.3 is 6.09 Å². The second kappa shape index (κ2) is 8.79. The molecule has 3 aromatic rings. The van der Waals surface area contributed by atoms with Gasteiger partial charge in [0.1, 0.15) is 11.4 Å². The number of nitrogens with one attached hydrogen (secondary N) is 1. The summed E-state index contributed by atoms with van der Waals surface area (Å²) in [5.41, 5.74) is 1.05. The summed E-state index contributed by atoms with van der Waals surface area (Å²) in [4.78, 5) is 13.0. The lowest BCUT2D eigenvalue weighted by molar-refractivity contribution is 0.0544. The predicted octanol–water partition coefficient (Wildman–Crippen LogP) is 4.60. The third kappa shape index (κ3) is 4.87. The van der Waals surface area contributed by atoms with E-state index in [-0.39, 0.29) is 17.0 Å². The number of nitrogens with zero attached hydrogens (tertiary/aromatic N) is 2. The highest BCUT2D eigenvalue weighted by atomic mass is 32.2. The van der Waals surface area contributed by atoms with E-state index >= 15 is 0 Å². The monoisotopic (exact) mass is 487 g/mol. The van der Waals surface area contributed by atoms with E-state index in [9.17, 15) is 17.6 Å². The number of hydrogen-bond donors (Lipinski definition) is 1. The Balaban J connectivity index is 1.71. The standard InChI is InChI=1S/C25H30FN3O4S/c1-16-13-28(14-17(2)27-16)34(31,32)20-9-6-18(7-10-20)22-15-29(24(30)33-25(3,4)5)23-12-19(26)8-11-21(22)23/h6-12,15-17,27H,13-14H2,1-5H3/t16-,17+. The van der Waals surface area contributed by atoms with E-state index in [0.717, 1.165) is 0 Å². The van der Waals surface area contributed by atoms with Crippen LogP contribution in [0.25, 0.3) is 22.0 Å². The van der Waals surface area contributed by atoms with Crippen LogP contribution < -0.4 is 5.32 Å². The number of sulfonamides is 1. The zero-order valence-corrected chi connectivity index (χ0v) is 20.8. The van der Waals surface area contributed by atoms with Gasteiger partial charge in [-0.1, -0.05) is 12.1 Å². The molecule has 0 spiro atoms. The molecule has 2 heterocycles. The predicted molar refractivity (Wildman–Crippen MR) is 130 cm³/mol. The molecule has 9 heteroatoms. The van der Waals surface area contributed by atoms with E-state index in [0.29, 0.717) is 35.1 Å². The third-order valence-corrected chi connectivity index (χ3v) is 7.53. The van der Waals surface area contributed by atoms with E-state index in [1.54, 1.807) is 57.3 Å². The second-order valence-electron chi connectivity index (χ2n) is 9.87. The molecule has 0 amide bonds. The molecule has 7 nitrogen and oxygen atoms in total. The Kier molecular flexibility index (Phi) is 6.30. The van der Waals surface area contributed by atoms with Gasteiger partial charge in [0, 0.05) is 42.3 Å². The number of piperazine rings is 1. The summed E-state index contributed by atoms with van der Waals surface area (Å²) in [6.45, 7) is 10.0. The second-order valence-corrected chi connectivity index (χ2v) is 11.8. The van der Waals surface area contributed by atoms with Crippen LogP contribution in [0.5, 0.6) is 0 Å². The molecule has 0 bridgehead atoms. The van der Waals surface area contributed by atoms with Crippen LogP contribution in [0, 0.1) is 5.82 Å². The number of benzene rings is 2. The zero-order valence-electron chi connectivity index (χ0n) is 20.0. The number of hydrogen-bond acceptors (Lipinski definition) is 5. The third-order valence-electron chi connectivity index (χ3n) is 5.69. The van der Waals surface area contributed by atoms with Crippen molar-refractivity contribution in [1.82, 2.24) is 14.2 Å². The molecule has 0 radical (unpaired) electrons. The SMILES string of the molecule is C[C@@H]1CN(S(=O)(=O)c2ccc(-c3cn(C(=O)OC(C)(C)C)c4cc(F)ccc34)cc2)C[C@H](C)N1. The Morgan fingerprint density at radius 3 is 2.26 bits per heavy atom. The van der Waals surface area contributed by atoms with Gasteiger partial charge in [-0.15, -0.1) is 0 Å². The minimum absolute atomic E-state index is 0.0668. The van der Waals surface area contributed by atoms with Gasteiger partial charge in [-0.2, -0.15) is 4.31 Å². The van der Waals surface area contributed by atoms with Crippen LogP contribution in [0.3, 0.4) is 0 Å². The van der Waals surface area contributed by atoms with Crippen LogP contribution in [0.4, 0.5) is 9.18 Å². The summed E-state index contributed by atoms with van der Waals surface area (Å²) in [6, 6.07) is 10.9. The van der Waals surface area contributed by atoms with Gasteiger partial charge < -0.3 is 10.1 Å². The van der Waals surface area contributed by atoms with Crippen LogP contribution in [-0.2, 0) is 14.8 Å². The topological polar surface area (TPSA) is 80.6 Å². The van der Waals surface area contributed by atoms with Crippen molar-refractivity contribution < 1.29 is 22.3 Å². The van der Waals surface area contributed by atoms with Crippen LogP contribution in [0.15, 0.2) is 53.6 Å². The minimum Gasteiger partial charge on any atom is -0.443 e. The van der Waals surface area contributed by atoms with E-state index < -0.39 is 27.5 Å². The largest absolute Gasteiger partial charge is 0.443 e. The van der Waals surface area contributed by atoms with Crippen molar-refractivity contribution in [2.75, 3.05) is 13.1 Å². The summed E-state index contributed by atoms with van der Waals surface area (Å²) in [5.74, 6) is -0.470. The van der Waals surface area contributed by atoms with Crippen molar-refractivity contribution in [2.24, 2.45) is 0 Å². The van der Waals surface area contributed by atoms with Crippen molar-refractivity contribution in [3.8, 4) is 11.1 Å². The summed E-state index contributed by atoms with van der Waals surface area (Å²) < 4.78 is 48.7. The fraction of sp³-hybridized carbons (Fsp3) is 0.400. The normalized spacial score (nSPS) is 19.9. The number of halogens is 1. The summed E-state index contributed by atoms with van der Waals surface area (Å²) in [7, 11) is -3.64. The van der Waals surface area contributed by atoms with Crippen molar-refractivity contribution in [3.05, 3.63) is 54.5 Å². The zero-order chi connectivity index (χ0) is 24.8. The van der Waals surface area contributed by atoms with Gasteiger partial charge in [-0.25, -0.2) is 17.6 Å². The number of rotatable bonds is 3. The molecule has 2 aromatic carbocycles. The van der Waals surface area contributed by atoms with Crippen molar-refractivity contribution in [1.29, 1.82) is 0 Å². The molecule has 1 aromatic heterocycles. The van der Waals surface area contributed by atoms with Gasteiger partial charge in [0.05, 0.1) is 10.4 Å². The molecule has 1 N–H and O–H groups in total. The number of carbonyl (C=O) groups is 1. The maximum atomic E-state index is 14.0. The first-order valence-corrected chi connectivity index (χ1v) is 12.7. The van der Waals surface area contributed by atoms with Gasteiger partial charge in [0.15, 0.2) is 0 Å². The molecule has 0 unspecified atom stereocenters. The molecular weight excluding hydrogens is 457 g/mol. The molecule has 0 saturated carbocycles. The fourth-order valence-electron chi connectivity index (χ4n) is 4.32. The molecule has 1 saturated heterocycles. The smallest absolute Gasteiger partial charge is 0.419 e. The highest BCUT2D eigenvalue weighted by molar-refractivity contribution is 7.89. The average Bonchev–Trinajstić information content (AvgIpc) is 3.10. The van der Waals surface area contributed by atoms with E-state index in [1.165, 1.54) is 21.0 Å². The Bertz CT molecular complexity index is 1320. The van der Waals surface area contributed by atoms with Crippen LogP contribution in [-0.4, -0.2) is 54.2 Å². The van der Waals surface area contributed by atoms with Crippen molar-refractivity contribution in [3.63, 3.8) is 0 Å². The van der Waals surface area contributed by atoms with Crippen molar-refractivity contribution >= 4 is 27.0 Å². The van der Waals surface area contributed by atoms with E-state index in [2.05, 4.69) is 5.32 Å². The number of carbonyl (C=O) groups excluding carboxylic acids is 1. The molecule has 4 rings (SSSR count). The average molecular weight is 488 g/mol. The molecule has 1 fully saturated rings.